The van der Waals surface area contributed by atoms with Crippen molar-refractivity contribution in [1.29, 1.82) is 0 Å². The van der Waals surface area contributed by atoms with Crippen LogP contribution in [0, 0.1) is 13.8 Å². The number of anilines is 2. The van der Waals surface area contributed by atoms with Gasteiger partial charge in [-0.05, 0) is 57.0 Å². The molecule has 0 spiro atoms. The van der Waals surface area contributed by atoms with Crippen molar-refractivity contribution in [3.63, 3.8) is 0 Å². The summed E-state index contributed by atoms with van der Waals surface area (Å²) in [5.41, 5.74) is 3.21. The molecular weight excluding hydrogens is 414 g/mol. The SMILES string of the molecule is COc1ccccc1S(=O)(=O)N1CCC[C@H]1c1ccc(Nc2nc(C)cc(C)n2)cn1. The lowest BCUT2D eigenvalue weighted by Gasteiger charge is -2.24. The van der Waals surface area contributed by atoms with Crippen molar-refractivity contribution in [2.24, 2.45) is 0 Å². The lowest BCUT2D eigenvalue weighted by Crippen LogP contribution is -2.31. The minimum Gasteiger partial charge on any atom is -0.495 e. The molecule has 1 aliphatic rings. The first-order valence-electron chi connectivity index (χ1n) is 10.1. The Labute approximate surface area is 182 Å². The summed E-state index contributed by atoms with van der Waals surface area (Å²) in [5, 5.41) is 3.15. The number of nitrogens with one attached hydrogen (secondary N) is 1. The van der Waals surface area contributed by atoms with Crippen LogP contribution in [-0.4, -0.2) is 41.3 Å². The Morgan fingerprint density at radius 1 is 1.10 bits per heavy atom. The molecule has 0 saturated carbocycles. The minimum atomic E-state index is -3.71. The van der Waals surface area contributed by atoms with E-state index in [9.17, 15) is 8.42 Å². The van der Waals surface area contributed by atoms with Crippen LogP contribution < -0.4 is 10.1 Å². The molecule has 1 aliphatic heterocycles. The smallest absolute Gasteiger partial charge is 0.247 e. The van der Waals surface area contributed by atoms with Crippen molar-refractivity contribution in [3.05, 3.63) is 65.7 Å². The molecule has 3 aromatic rings. The summed E-state index contributed by atoms with van der Waals surface area (Å²) in [6.45, 7) is 4.28. The molecule has 0 aliphatic carbocycles. The van der Waals surface area contributed by atoms with Gasteiger partial charge in [0.25, 0.3) is 0 Å². The average Bonchev–Trinajstić information content (AvgIpc) is 3.24. The quantitative estimate of drug-likeness (QED) is 0.624. The standard InChI is InChI=1S/C22H25N5O3S/c1-15-13-16(2)25-22(24-15)26-17-10-11-18(23-14-17)19-7-6-12-27(19)31(28,29)21-9-5-4-8-20(21)30-3/h4-5,8-11,13-14,19H,6-7,12H2,1-3H3,(H,24,25,26)/t19-/m0/s1. The van der Waals surface area contributed by atoms with Crippen LogP contribution in [0.5, 0.6) is 5.75 Å². The van der Waals surface area contributed by atoms with Crippen molar-refractivity contribution in [1.82, 2.24) is 19.3 Å². The lowest BCUT2D eigenvalue weighted by molar-refractivity contribution is 0.377. The Balaban J connectivity index is 1.57. The van der Waals surface area contributed by atoms with Crippen LogP contribution in [0.4, 0.5) is 11.6 Å². The maximum absolute atomic E-state index is 13.4. The number of benzene rings is 1. The predicted molar refractivity (Wildman–Crippen MR) is 118 cm³/mol. The van der Waals surface area contributed by atoms with Gasteiger partial charge in [0.15, 0.2) is 0 Å². The molecule has 1 fully saturated rings. The number of rotatable bonds is 6. The molecule has 31 heavy (non-hydrogen) atoms. The molecule has 2 aromatic heterocycles. The normalized spacial score (nSPS) is 16.9. The second-order valence-electron chi connectivity index (χ2n) is 7.50. The zero-order valence-electron chi connectivity index (χ0n) is 17.7. The van der Waals surface area contributed by atoms with Crippen LogP contribution in [0.3, 0.4) is 0 Å². The van der Waals surface area contributed by atoms with Gasteiger partial charge in [0.05, 0.1) is 30.7 Å². The summed E-state index contributed by atoms with van der Waals surface area (Å²) >= 11 is 0. The Morgan fingerprint density at radius 2 is 1.84 bits per heavy atom. The third-order valence-electron chi connectivity index (χ3n) is 5.23. The molecule has 0 radical (unpaired) electrons. The largest absolute Gasteiger partial charge is 0.495 e. The predicted octanol–water partition coefficient (Wildman–Crippen LogP) is 3.77. The second kappa shape index (κ2) is 8.60. The van der Waals surface area contributed by atoms with E-state index in [0.29, 0.717) is 30.4 Å². The molecule has 4 rings (SSSR count). The molecule has 9 heteroatoms. The van der Waals surface area contributed by atoms with Crippen LogP contribution in [-0.2, 0) is 10.0 Å². The fraction of sp³-hybridized carbons (Fsp3) is 0.318. The highest BCUT2D eigenvalue weighted by Gasteiger charge is 2.38. The fourth-order valence-corrected chi connectivity index (χ4v) is 5.70. The summed E-state index contributed by atoms with van der Waals surface area (Å²) in [6.07, 6.45) is 3.17. The Kier molecular flexibility index (Phi) is 5.88. The van der Waals surface area contributed by atoms with Gasteiger partial charge in [0.2, 0.25) is 16.0 Å². The second-order valence-corrected chi connectivity index (χ2v) is 9.35. The van der Waals surface area contributed by atoms with Gasteiger partial charge in [-0.1, -0.05) is 12.1 Å². The zero-order chi connectivity index (χ0) is 22.0. The summed E-state index contributed by atoms with van der Waals surface area (Å²) in [7, 11) is -2.24. The highest BCUT2D eigenvalue weighted by atomic mass is 32.2. The first-order valence-corrected chi connectivity index (χ1v) is 11.5. The van der Waals surface area contributed by atoms with Gasteiger partial charge in [-0.3, -0.25) is 4.98 Å². The molecule has 1 saturated heterocycles. The summed E-state index contributed by atoms with van der Waals surface area (Å²) in [4.78, 5) is 13.5. The molecule has 1 atom stereocenters. The van der Waals surface area contributed by atoms with Crippen LogP contribution in [0.25, 0.3) is 0 Å². The van der Waals surface area contributed by atoms with E-state index >= 15 is 0 Å². The Morgan fingerprint density at radius 3 is 2.52 bits per heavy atom. The van der Waals surface area contributed by atoms with Gasteiger partial charge in [-0.2, -0.15) is 4.31 Å². The molecule has 162 valence electrons. The maximum atomic E-state index is 13.4. The maximum Gasteiger partial charge on any atom is 0.247 e. The molecule has 0 bridgehead atoms. The molecular formula is C22H25N5O3S. The number of ether oxygens (including phenoxy) is 1. The number of para-hydroxylation sites is 1. The van der Waals surface area contributed by atoms with Crippen LogP contribution in [0.1, 0.15) is 36.0 Å². The van der Waals surface area contributed by atoms with E-state index in [2.05, 4.69) is 20.3 Å². The van der Waals surface area contributed by atoms with Gasteiger partial charge >= 0.3 is 0 Å². The third-order valence-corrected chi connectivity index (χ3v) is 7.17. The first kappa shape index (κ1) is 21.2. The van der Waals surface area contributed by atoms with E-state index in [1.807, 2.05) is 32.0 Å². The number of aryl methyl sites for hydroxylation is 2. The molecule has 3 heterocycles. The van der Waals surface area contributed by atoms with E-state index < -0.39 is 10.0 Å². The number of hydrogen-bond acceptors (Lipinski definition) is 7. The Bertz CT molecular complexity index is 1160. The third kappa shape index (κ3) is 4.38. The lowest BCUT2D eigenvalue weighted by atomic mass is 10.1. The average molecular weight is 440 g/mol. The number of pyridine rings is 1. The van der Waals surface area contributed by atoms with E-state index in [4.69, 9.17) is 4.74 Å². The van der Waals surface area contributed by atoms with Crippen LogP contribution in [0.15, 0.2) is 53.6 Å². The first-order chi connectivity index (χ1) is 14.9. The van der Waals surface area contributed by atoms with Gasteiger partial charge < -0.3 is 10.1 Å². The summed E-state index contributed by atoms with van der Waals surface area (Å²) in [5.74, 6) is 0.849. The van der Waals surface area contributed by atoms with Crippen molar-refractivity contribution < 1.29 is 13.2 Å². The topological polar surface area (TPSA) is 97.3 Å². The minimum absolute atomic E-state index is 0.176. The van der Waals surface area contributed by atoms with E-state index in [0.717, 1.165) is 23.5 Å². The van der Waals surface area contributed by atoms with E-state index in [1.165, 1.54) is 11.4 Å². The highest BCUT2D eigenvalue weighted by Crippen LogP contribution is 2.38. The van der Waals surface area contributed by atoms with Gasteiger partial charge in [-0.25, -0.2) is 18.4 Å². The number of nitrogens with zero attached hydrogens (tertiary/aromatic N) is 4. The molecule has 1 aromatic carbocycles. The number of hydrogen-bond donors (Lipinski definition) is 1. The van der Waals surface area contributed by atoms with Gasteiger partial charge in [0, 0.05) is 17.9 Å². The van der Waals surface area contributed by atoms with Gasteiger partial charge in [0.1, 0.15) is 10.6 Å². The van der Waals surface area contributed by atoms with E-state index in [1.54, 1.807) is 30.5 Å². The van der Waals surface area contributed by atoms with Crippen molar-refractivity contribution in [2.75, 3.05) is 19.0 Å². The number of methoxy groups -OCH3 is 1. The molecule has 0 amide bonds. The summed E-state index contributed by atoms with van der Waals surface area (Å²) in [6, 6.07) is 12.0. The zero-order valence-corrected chi connectivity index (χ0v) is 18.6. The monoisotopic (exact) mass is 439 g/mol. The van der Waals surface area contributed by atoms with Crippen LogP contribution in [0.2, 0.25) is 0 Å². The molecule has 0 unspecified atom stereocenters. The Hall–Kier alpha value is -3.04. The van der Waals surface area contributed by atoms with Crippen molar-refractivity contribution >= 4 is 21.7 Å². The van der Waals surface area contributed by atoms with Crippen molar-refractivity contribution in [3.8, 4) is 5.75 Å². The summed E-state index contributed by atoms with van der Waals surface area (Å²) < 4.78 is 33.5. The van der Waals surface area contributed by atoms with Crippen molar-refractivity contribution in [2.45, 2.75) is 37.6 Å². The fourth-order valence-electron chi connectivity index (χ4n) is 3.87. The van der Waals surface area contributed by atoms with E-state index in [-0.39, 0.29) is 10.9 Å². The molecule has 1 N–H and O–H groups in total. The highest BCUT2D eigenvalue weighted by molar-refractivity contribution is 7.89. The van der Waals surface area contributed by atoms with Crippen LogP contribution >= 0.6 is 0 Å². The van der Waals surface area contributed by atoms with Gasteiger partial charge in [-0.15, -0.1) is 0 Å². The number of sulfonamides is 1. The number of aromatic nitrogens is 3. The molecule has 8 nitrogen and oxygen atoms in total.